The number of piperidine rings is 1. The van der Waals surface area contributed by atoms with Gasteiger partial charge in [0.15, 0.2) is 0 Å². The number of likely N-dealkylation sites (tertiary alicyclic amines) is 1. The van der Waals surface area contributed by atoms with Crippen LogP contribution in [0.5, 0.6) is 0 Å². The van der Waals surface area contributed by atoms with E-state index in [1.807, 2.05) is 17.3 Å². The van der Waals surface area contributed by atoms with E-state index in [9.17, 15) is 4.79 Å². The van der Waals surface area contributed by atoms with Crippen LogP contribution in [0.15, 0.2) is 24.5 Å². The molecule has 0 spiro atoms. The number of aromatic nitrogens is 1. The minimum atomic E-state index is 0.183. The van der Waals surface area contributed by atoms with Crippen LogP contribution >= 0.6 is 0 Å². The Morgan fingerprint density at radius 2 is 2.00 bits per heavy atom. The van der Waals surface area contributed by atoms with E-state index >= 15 is 0 Å². The molecule has 23 heavy (non-hydrogen) atoms. The van der Waals surface area contributed by atoms with Crippen LogP contribution in [0.3, 0.4) is 0 Å². The number of carbonyl (C=O) groups is 1. The van der Waals surface area contributed by atoms with Gasteiger partial charge in [0.05, 0.1) is 19.1 Å². The first kappa shape index (κ1) is 16.4. The van der Waals surface area contributed by atoms with Gasteiger partial charge in [0.25, 0.3) is 0 Å². The predicted molar refractivity (Wildman–Crippen MR) is 89.1 cm³/mol. The number of pyridine rings is 1. The molecule has 3 heterocycles. The Hall–Kier alpha value is -1.46. The van der Waals surface area contributed by atoms with Crippen LogP contribution in [0.2, 0.25) is 0 Å². The molecular formula is C18H27N3O2. The zero-order chi connectivity index (χ0) is 15.9. The molecule has 2 fully saturated rings. The van der Waals surface area contributed by atoms with Crippen molar-refractivity contribution in [3.8, 4) is 0 Å². The van der Waals surface area contributed by atoms with Crippen molar-refractivity contribution in [2.24, 2.45) is 5.92 Å². The molecule has 2 aliphatic rings. The van der Waals surface area contributed by atoms with E-state index < -0.39 is 0 Å². The number of hydrogen-bond acceptors (Lipinski definition) is 4. The maximum atomic E-state index is 12.6. The van der Waals surface area contributed by atoms with Crippen molar-refractivity contribution in [1.82, 2.24) is 14.8 Å². The molecule has 0 bridgehead atoms. The Morgan fingerprint density at radius 3 is 2.78 bits per heavy atom. The molecule has 3 rings (SSSR count). The van der Waals surface area contributed by atoms with E-state index in [2.05, 4.69) is 22.0 Å². The molecular weight excluding hydrogens is 290 g/mol. The predicted octanol–water partition coefficient (Wildman–Crippen LogP) is 1.58. The highest BCUT2D eigenvalue weighted by Gasteiger charge is 2.29. The molecule has 0 aliphatic carbocycles. The van der Waals surface area contributed by atoms with Crippen molar-refractivity contribution in [3.05, 3.63) is 30.1 Å². The van der Waals surface area contributed by atoms with Gasteiger partial charge in [-0.05, 0) is 56.5 Å². The van der Waals surface area contributed by atoms with Gasteiger partial charge in [-0.3, -0.25) is 9.78 Å². The number of morpholine rings is 1. The number of aryl methyl sites for hydroxylation is 1. The van der Waals surface area contributed by atoms with Crippen molar-refractivity contribution < 1.29 is 9.53 Å². The molecule has 0 saturated carbocycles. The van der Waals surface area contributed by atoms with E-state index in [-0.39, 0.29) is 5.92 Å². The second-order valence-electron chi connectivity index (χ2n) is 6.54. The lowest BCUT2D eigenvalue weighted by Gasteiger charge is -2.36. The van der Waals surface area contributed by atoms with E-state index in [1.165, 1.54) is 5.56 Å². The van der Waals surface area contributed by atoms with Crippen LogP contribution in [0.4, 0.5) is 0 Å². The third-order valence-electron chi connectivity index (χ3n) is 4.87. The zero-order valence-corrected chi connectivity index (χ0v) is 13.8. The van der Waals surface area contributed by atoms with Gasteiger partial charge in [0, 0.05) is 32.0 Å². The van der Waals surface area contributed by atoms with Crippen LogP contribution < -0.4 is 0 Å². The highest BCUT2D eigenvalue weighted by atomic mass is 16.5. The van der Waals surface area contributed by atoms with Gasteiger partial charge in [0.1, 0.15) is 0 Å². The largest absolute Gasteiger partial charge is 0.378 e. The SMILES string of the molecule is O=C(C1CCCN(CCCc2ccncc2)C1)N1CCOCC1. The highest BCUT2D eigenvalue weighted by molar-refractivity contribution is 5.79. The van der Waals surface area contributed by atoms with E-state index in [0.717, 1.165) is 58.4 Å². The van der Waals surface area contributed by atoms with Crippen molar-refractivity contribution in [1.29, 1.82) is 0 Å². The van der Waals surface area contributed by atoms with Crippen LogP contribution in [0, 0.1) is 5.92 Å². The fourth-order valence-electron chi connectivity index (χ4n) is 3.56. The molecule has 5 heteroatoms. The quantitative estimate of drug-likeness (QED) is 0.827. The fourth-order valence-corrected chi connectivity index (χ4v) is 3.56. The first-order valence-corrected chi connectivity index (χ1v) is 8.81. The number of ether oxygens (including phenoxy) is 1. The smallest absolute Gasteiger partial charge is 0.227 e. The van der Waals surface area contributed by atoms with E-state index in [1.54, 1.807) is 0 Å². The summed E-state index contributed by atoms with van der Waals surface area (Å²) in [6.45, 7) is 6.03. The number of rotatable bonds is 5. The molecule has 0 aromatic carbocycles. The van der Waals surface area contributed by atoms with Gasteiger partial charge in [-0.15, -0.1) is 0 Å². The average Bonchev–Trinajstić information content (AvgIpc) is 2.63. The minimum absolute atomic E-state index is 0.183. The first-order chi connectivity index (χ1) is 11.3. The van der Waals surface area contributed by atoms with Crippen LogP contribution in [-0.4, -0.2) is 66.6 Å². The monoisotopic (exact) mass is 317 g/mol. The normalized spacial score (nSPS) is 23.0. The standard InChI is InChI=1S/C18H27N3O2/c22-18(21-11-13-23-14-12-21)17-4-2-10-20(15-17)9-1-3-16-5-7-19-8-6-16/h5-8,17H,1-4,9-15H2. The second-order valence-corrected chi connectivity index (χ2v) is 6.54. The summed E-state index contributed by atoms with van der Waals surface area (Å²) in [5.41, 5.74) is 1.35. The molecule has 2 aliphatic heterocycles. The average molecular weight is 317 g/mol. The fraction of sp³-hybridized carbons (Fsp3) is 0.667. The van der Waals surface area contributed by atoms with Crippen LogP contribution in [0.25, 0.3) is 0 Å². The molecule has 0 radical (unpaired) electrons. The van der Waals surface area contributed by atoms with Crippen molar-refractivity contribution >= 4 is 5.91 Å². The van der Waals surface area contributed by atoms with E-state index in [4.69, 9.17) is 4.74 Å². The van der Waals surface area contributed by atoms with Crippen molar-refractivity contribution in [3.63, 3.8) is 0 Å². The van der Waals surface area contributed by atoms with Gasteiger partial charge in [-0.25, -0.2) is 0 Å². The summed E-state index contributed by atoms with van der Waals surface area (Å²) in [4.78, 5) is 21.1. The molecule has 5 nitrogen and oxygen atoms in total. The van der Waals surface area contributed by atoms with E-state index in [0.29, 0.717) is 19.1 Å². The third-order valence-corrected chi connectivity index (χ3v) is 4.87. The molecule has 1 amide bonds. The summed E-state index contributed by atoms with van der Waals surface area (Å²) in [6.07, 6.45) is 8.11. The van der Waals surface area contributed by atoms with Crippen LogP contribution in [0.1, 0.15) is 24.8 Å². The second kappa shape index (κ2) is 8.41. The zero-order valence-electron chi connectivity index (χ0n) is 13.8. The lowest BCUT2D eigenvalue weighted by atomic mass is 9.96. The first-order valence-electron chi connectivity index (χ1n) is 8.81. The topological polar surface area (TPSA) is 45.7 Å². The Kier molecular flexibility index (Phi) is 6.00. The molecule has 2 saturated heterocycles. The van der Waals surface area contributed by atoms with Crippen LogP contribution in [-0.2, 0) is 16.0 Å². The van der Waals surface area contributed by atoms with Gasteiger partial charge in [-0.1, -0.05) is 0 Å². The summed E-state index contributed by atoms with van der Waals surface area (Å²) in [7, 11) is 0. The lowest BCUT2D eigenvalue weighted by molar-refractivity contribution is -0.141. The number of amides is 1. The molecule has 1 aromatic heterocycles. The Labute approximate surface area is 138 Å². The summed E-state index contributed by atoms with van der Waals surface area (Å²) in [6, 6.07) is 4.17. The highest BCUT2D eigenvalue weighted by Crippen LogP contribution is 2.20. The molecule has 1 atom stereocenters. The van der Waals surface area contributed by atoms with Gasteiger partial charge >= 0.3 is 0 Å². The van der Waals surface area contributed by atoms with Crippen molar-refractivity contribution in [2.75, 3.05) is 45.9 Å². The van der Waals surface area contributed by atoms with Gasteiger partial charge < -0.3 is 14.5 Å². The Morgan fingerprint density at radius 1 is 1.22 bits per heavy atom. The summed E-state index contributed by atoms with van der Waals surface area (Å²) in [5, 5.41) is 0. The number of carbonyl (C=O) groups excluding carboxylic acids is 1. The molecule has 0 N–H and O–H groups in total. The maximum Gasteiger partial charge on any atom is 0.227 e. The molecule has 1 aromatic rings. The summed E-state index contributed by atoms with van der Waals surface area (Å²) < 4.78 is 5.34. The van der Waals surface area contributed by atoms with Gasteiger partial charge in [0.2, 0.25) is 5.91 Å². The summed E-state index contributed by atoms with van der Waals surface area (Å²) >= 11 is 0. The molecule has 126 valence electrons. The minimum Gasteiger partial charge on any atom is -0.378 e. The Balaban J connectivity index is 1.43. The number of hydrogen-bond donors (Lipinski definition) is 0. The van der Waals surface area contributed by atoms with Crippen molar-refractivity contribution in [2.45, 2.75) is 25.7 Å². The lowest BCUT2D eigenvalue weighted by Crippen LogP contribution is -2.48. The third kappa shape index (κ3) is 4.75. The molecule has 1 unspecified atom stereocenters. The summed E-state index contributed by atoms with van der Waals surface area (Å²) in [5.74, 6) is 0.523. The Bertz CT molecular complexity index is 488. The number of nitrogens with zero attached hydrogens (tertiary/aromatic N) is 3. The van der Waals surface area contributed by atoms with Gasteiger partial charge in [-0.2, -0.15) is 0 Å². The maximum absolute atomic E-state index is 12.6.